The van der Waals surface area contributed by atoms with Crippen LogP contribution in [0.15, 0.2) is 0 Å². The molecule has 0 radical (unpaired) electrons. The van der Waals surface area contributed by atoms with Crippen LogP contribution in [0.3, 0.4) is 0 Å². The summed E-state index contributed by atoms with van der Waals surface area (Å²) in [6.07, 6.45) is 2.02. The maximum atomic E-state index is 12.7. The monoisotopic (exact) mass is 330 g/mol. The summed E-state index contributed by atoms with van der Waals surface area (Å²) in [5.74, 6) is -3.97. The summed E-state index contributed by atoms with van der Waals surface area (Å²) in [7, 11) is 0. The van der Waals surface area contributed by atoms with E-state index < -0.39 is 35.3 Å². The summed E-state index contributed by atoms with van der Waals surface area (Å²) in [5, 5.41) is 29.3. The predicted molar refractivity (Wildman–Crippen MR) is 80.8 cm³/mol. The molecule has 0 bridgehead atoms. The van der Waals surface area contributed by atoms with Gasteiger partial charge in [-0.3, -0.25) is 9.59 Å². The van der Waals surface area contributed by atoms with E-state index in [1.165, 1.54) is 0 Å². The smallest absolute Gasteiger partial charge is 0.337 e. The van der Waals surface area contributed by atoms with Gasteiger partial charge in [-0.15, -0.1) is 0 Å². The van der Waals surface area contributed by atoms with Gasteiger partial charge in [0.15, 0.2) is 5.60 Å². The normalized spacial score (nSPS) is 17.9. The molecule has 1 aliphatic carbocycles. The fourth-order valence-corrected chi connectivity index (χ4v) is 3.19. The number of carbonyl (C=O) groups excluding carboxylic acids is 1. The van der Waals surface area contributed by atoms with Crippen LogP contribution in [-0.4, -0.2) is 44.9 Å². The first-order valence-electron chi connectivity index (χ1n) is 8.12. The number of carboxylic acids is 2. The van der Waals surface area contributed by atoms with Crippen LogP contribution in [0.4, 0.5) is 0 Å². The number of carbonyl (C=O) groups is 3. The zero-order valence-electron chi connectivity index (χ0n) is 13.7. The molecule has 1 rings (SSSR count). The lowest BCUT2D eigenvalue weighted by atomic mass is 9.64. The Morgan fingerprint density at radius 1 is 1.09 bits per heavy atom. The number of aliphatic carboxylic acids is 2. The third-order valence-electron chi connectivity index (χ3n) is 4.62. The molecule has 1 fully saturated rings. The van der Waals surface area contributed by atoms with Gasteiger partial charge in [0.2, 0.25) is 0 Å². The van der Waals surface area contributed by atoms with Crippen LogP contribution in [-0.2, 0) is 19.1 Å². The molecule has 7 heteroatoms. The van der Waals surface area contributed by atoms with Crippen molar-refractivity contribution < 1.29 is 34.4 Å². The van der Waals surface area contributed by atoms with Gasteiger partial charge in [0.1, 0.15) is 11.5 Å². The summed E-state index contributed by atoms with van der Waals surface area (Å²) < 4.78 is 5.38. The Bertz CT molecular complexity index is 449. The largest absolute Gasteiger partial charge is 0.481 e. The van der Waals surface area contributed by atoms with E-state index in [-0.39, 0.29) is 18.9 Å². The van der Waals surface area contributed by atoms with E-state index in [2.05, 4.69) is 0 Å². The number of carboxylic acid groups (broad SMARTS) is 2. The lowest BCUT2D eigenvalue weighted by Crippen LogP contribution is -2.60. The van der Waals surface area contributed by atoms with Crippen molar-refractivity contribution in [3.05, 3.63) is 0 Å². The van der Waals surface area contributed by atoms with Gasteiger partial charge in [0.05, 0.1) is 6.42 Å². The van der Waals surface area contributed by atoms with Gasteiger partial charge in [0.25, 0.3) is 0 Å². The van der Waals surface area contributed by atoms with E-state index in [1.807, 2.05) is 0 Å². The second-order valence-corrected chi connectivity index (χ2v) is 6.28. The molecule has 0 saturated heterocycles. The molecule has 0 aromatic rings. The Morgan fingerprint density at radius 3 is 1.91 bits per heavy atom. The first-order chi connectivity index (χ1) is 10.7. The van der Waals surface area contributed by atoms with Crippen molar-refractivity contribution in [3.63, 3.8) is 0 Å². The molecule has 0 aromatic carbocycles. The zero-order valence-corrected chi connectivity index (χ0v) is 13.7. The summed E-state index contributed by atoms with van der Waals surface area (Å²) >= 11 is 0. The van der Waals surface area contributed by atoms with Crippen LogP contribution >= 0.6 is 0 Å². The van der Waals surface area contributed by atoms with E-state index in [1.54, 1.807) is 13.8 Å². The SMILES string of the molecule is CCCC(CCC)(C(=O)OC1CCC1)C(O)(CC(=O)O)C(=O)O. The van der Waals surface area contributed by atoms with Crippen molar-refractivity contribution in [2.45, 2.75) is 76.9 Å². The Hall–Kier alpha value is -1.63. The van der Waals surface area contributed by atoms with Crippen molar-refractivity contribution in [2.24, 2.45) is 5.41 Å². The zero-order chi connectivity index (χ0) is 17.7. The number of hydrogen-bond donors (Lipinski definition) is 3. The van der Waals surface area contributed by atoms with Crippen LogP contribution in [0, 0.1) is 5.41 Å². The second kappa shape index (κ2) is 7.77. The molecular weight excluding hydrogens is 304 g/mol. The summed E-state index contributed by atoms with van der Waals surface area (Å²) in [5.41, 5.74) is -4.44. The van der Waals surface area contributed by atoms with Gasteiger partial charge < -0.3 is 20.1 Å². The quantitative estimate of drug-likeness (QED) is 0.523. The molecule has 1 unspecified atom stereocenters. The van der Waals surface area contributed by atoms with Crippen molar-refractivity contribution in [3.8, 4) is 0 Å². The Kier molecular flexibility index (Phi) is 6.56. The van der Waals surface area contributed by atoms with E-state index in [0.29, 0.717) is 25.7 Å². The average Bonchev–Trinajstić information content (AvgIpc) is 2.40. The second-order valence-electron chi connectivity index (χ2n) is 6.28. The van der Waals surface area contributed by atoms with E-state index >= 15 is 0 Å². The Labute approximate surface area is 135 Å². The van der Waals surface area contributed by atoms with Crippen LogP contribution in [0.1, 0.15) is 65.2 Å². The highest BCUT2D eigenvalue weighted by atomic mass is 16.5. The molecule has 0 spiro atoms. The average molecular weight is 330 g/mol. The first-order valence-corrected chi connectivity index (χ1v) is 8.12. The predicted octanol–water partition coefficient (Wildman–Crippen LogP) is 1.96. The minimum atomic E-state index is -2.69. The van der Waals surface area contributed by atoms with E-state index in [9.17, 15) is 24.6 Å². The highest BCUT2D eigenvalue weighted by Gasteiger charge is 2.61. The van der Waals surface area contributed by atoms with Crippen LogP contribution in [0.2, 0.25) is 0 Å². The van der Waals surface area contributed by atoms with Gasteiger partial charge in [-0.1, -0.05) is 26.7 Å². The molecular formula is C16H26O7. The lowest BCUT2D eigenvalue weighted by Gasteiger charge is -2.43. The topological polar surface area (TPSA) is 121 Å². The third-order valence-corrected chi connectivity index (χ3v) is 4.62. The van der Waals surface area contributed by atoms with Crippen LogP contribution in [0.5, 0.6) is 0 Å². The molecule has 0 aliphatic heterocycles. The van der Waals surface area contributed by atoms with Gasteiger partial charge in [-0.25, -0.2) is 4.79 Å². The highest BCUT2D eigenvalue weighted by molar-refractivity contribution is 5.92. The van der Waals surface area contributed by atoms with E-state index in [0.717, 1.165) is 6.42 Å². The van der Waals surface area contributed by atoms with Crippen LogP contribution in [0.25, 0.3) is 0 Å². The number of hydrogen-bond acceptors (Lipinski definition) is 5. The summed E-state index contributed by atoms with van der Waals surface area (Å²) in [6, 6.07) is 0. The van der Waals surface area contributed by atoms with Crippen molar-refractivity contribution in [2.75, 3.05) is 0 Å². The van der Waals surface area contributed by atoms with Gasteiger partial charge in [-0.05, 0) is 32.1 Å². The summed E-state index contributed by atoms with van der Waals surface area (Å²) in [6.45, 7) is 3.51. The molecule has 1 aliphatic rings. The standard InChI is InChI=1S/C16H26O7/c1-3-8-15(9-4-2,14(21)23-11-6-5-7-11)16(22,13(19)20)10-12(17)18/h11,22H,3-10H2,1-2H3,(H,17,18)(H,19,20). The molecule has 1 atom stereocenters. The van der Waals surface area contributed by atoms with Crippen molar-refractivity contribution in [1.82, 2.24) is 0 Å². The number of ether oxygens (including phenoxy) is 1. The maximum Gasteiger partial charge on any atom is 0.337 e. The fraction of sp³-hybridized carbons (Fsp3) is 0.812. The summed E-state index contributed by atoms with van der Waals surface area (Å²) in [4.78, 5) is 35.6. The maximum absolute atomic E-state index is 12.7. The third kappa shape index (κ3) is 3.83. The molecule has 7 nitrogen and oxygen atoms in total. The highest BCUT2D eigenvalue weighted by Crippen LogP contribution is 2.45. The number of aliphatic hydroxyl groups is 1. The lowest BCUT2D eigenvalue weighted by molar-refractivity contribution is -0.203. The van der Waals surface area contributed by atoms with Crippen LogP contribution < -0.4 is 0 Å². The van der Waals surface area contributed by atoms with Crippen molar-refractivity contribution in [1.29, 1.82) is 0 Å². The minimum absolute atomic E-state index is 0.0580. The molecule has 23 heavy (non-hydrogen) atoms. The first kappa shape index (κ1) is 19.4. The fourth-order valence-electron chi connectivity index (χ4n) is 3.19. The number of rotatable bonds is 10. The minimum Gasteiger partial charge on any atom is -0.481 e. The van der Waals surface area contributed by atoms with Gasteiger partial charge in [-0.2, -0.15) is 0 Å². The van der Waals surface area contributed by atoms with Crippen molar-refractivity contribution >= 4 is 17.9 Å². The van der Waals surface area contributed by atoms with E-state index in [4.69, 9.17) is 9.84 Å². The molecule has 1 saturated carbocycles. The molecule has 0 aromatic heterocycles. The van der Waals surface area contributed by atoms with Gasteiger partial charge in [0, 0.05) is 0 Å². The molecule has 0 amide bonds. The van der Waals surface area contributed by atoms with Gasteiger partial charge >= 0.3 is 17.9 Å². The molecule has 132 valence electrons. The molecule has 3 N–H and O–H groups in total. The molecule has 0 heterocycles. The number of esters is 1. The Morgan fingerprint density at radius 2 is 1.61 bits per heavy atom. The Balaban J connectivity index is 3.28.